The lowest BCUT2D eigenvalue weighted by Gasteiger charge is -2.18. The molecule has 7 nitrogen and oxygen atoms in total. The second-order valence-corrected chi connectivity index (χ2v) is 8.30. The molecule has 0 unspecified atom stereocenters. The second kappa shape index (κ2) is 9.68. The molecule has 0 aromatic heterocycles. The van der Waals surface area contributed by atoms with Gasteiger partial charge in [0.05, 0.1) is 11.3 Å². The molecular weight excluding hydrogens is 402 g/mol. The second-order valence-electron chi connectivity index (χ2n) is 5.92. The maximum atomic E-state index is 12.6. The van der Waals surface area contributed by atoms with Crippen molar-refractivity contribution in [2.45, 2.75) is 25.2 Å². The van der Waals surface area contributed by atoms with E-state index in [0.29, 0.717) is 18.1 Å². The van der Waals surface area contributed by atoms with Crippen molar-refractivity contribution in [2.75, 3.05) is 13.1 Å². The van der Waals surface area contributed by atoms with Crippen molar-refractivity contribution in [3.63, 3.8) is 0 Å². The van der Waals surface area contributed by atoms with E-state index < -0.39 is 21.8 Å². The number of nitrogens with one attached hydrogen (secondary N) is 2. The number of nitrogens with zero attached hydrogens (tertiary/aromatic N) is 1. The predicted molar refractivity (Wildman–Crippen MR) is 107 cm³/mol. The van der Waals surface area contributed by atoms with Crippen LogP contribution in [0.25, 0.3) is 0 Å². The van der Waals surface area contributed by atoms with Crippen molar-refractivity contribution >= 4 is 33.4 Å². The van der Waals surface area contributed by atoms with Crippen LogP contribution in [0.1, 0.15) is 29.8 Å². The van der Waals surface area contributed by atoms with Gasteiger partial charge in [-0.3, -0.25) is 20.4 Å². The molecule has 0 atom stereocenters. The predicted octanol–water partition coefficient (Wildman–Crippen LogP) is 2.37. The van der Waals surface area contributed by atoms with Crippen LogP contribution in [0.5, 0.6) is 0 Å². The molecule has 0 heterocycles. The molecule has 0 saturated carbocycles. The fraction of sp³-hybridized carbons (Fsp3) is 0.263. The lowest BCUT2D eigenvalue weighted by Crippen LogP contribution is -2.42. The van der Waals surface area contributed by atoms with Crippen LogP contribution in [0.2, 0.25) is 5.02 Å². The number of hydrogen-bond acceptors (Lipinski definition) is 4. The van der Waals surface area contributed by atoms with Crippen LogP contribution in [0.4, 0.5) is 0 Å². The van der Waals surface area contributed by atoms with Gasteiger partial charge in [0.15, 0.2) is 0 Å². The van der Waals surface area contributed by atoms with E-state index in [1.54, 1.807) is 38.1 Å². The van der Waals surface area contributed by atoms with Crippen LogP contribution in [0.3, 0.4) is 0 Å². The highest BCUT2D eigenvalue weighted by Crippen LogP contribution is 2.17. The Morgan fingerprint density at radius 1 is 1.00 bits per heavy atom. The highest BCUT2D eigenvalue weighted by atomic mass is 35.5. The zero-order valence-electron chi connectivity index (χ0n) is 15.6. The van der Waals surface area contributed by atoms with Gasteiger partial charge in [0.1, 0.15) is 0 Å². The molecule has 0 aliphatic heterocycles. The molecule has 2 N–H and O–H groups in total. The summed E-state index contributed by atoms with van der Waals surface area (Å²) >= 11 is 5.80. The molecule has 0 bridgehead atoms. The number of carbonyl (C=O) groups excluding carboxylic acids is 2. The van der Waals surface area contributed by atoms with Gasteiger partial charge in [-0.2, -0.15) is 4.31 Å². The summed E-state index contributed by atoms with van der Waals surface area (Å²) in [7, 11) is -3.68. The van der Waals surface area contributed by atoms with E-state index in [-0.39, 0.29) is 16.9 Å². The number of sulfonamides is 1. The van der Waals surface area contributed by atoms with Crippen LogP contribution in [0, 0.1) is 0 Å². The van der Waals surface area contributed by atoms with E-state index in [1.807, 2.05) is 0 Å². The number of halogens is 1. The average molecular weight is 424 g/mol. The molecule has 2 aromatic carbocycles. The highest BCUT2D eigenvalue weighted by molar-refractivity contribution is 7.89. The van der Waals surface area contributed by atoms with Gasteiger partial charge < -0.3 is 0 Å². The number of hydrazine groups is 1. The molecule has 0 fully saturated rings. The van der Waals surface area contributed by atoms with Crippen molar-refractivity contribution in [3.8, 4) is 0 Å². The summed E-state index contributed by atoms with van der Waals surface area (Å²) < 4.78 is 26.5. The van der Waals surface area contributed by atoms with Crippen molar-refractivity contribution < 1.29 is 18.0 Å². The minimum absolute atomic E-state index is 0.0244. The smallest absolute Gasteiger partial charge is 0.269 e. The van der Waals surface area contributed by atoms with Gasteiger partial charge in [-0.1, -0.05) is 43.6 Å². The minimum atomic E-state index is -3.68. The van der Waals surface area contributed by atoms with Gasteiger partial charge in [-0.25, -0.2) is 8.42 Å². The number of hydrogen-bond donors (Lipinski definition) is 2. The Kier molecular flexibility index (Phi) is 7.56. The Hall–Kier alpha value is -2.42. The third kappa shape index (κ3) is 5.54. The van der Waals surface area contributed by atoms with E-state index >= 15 is 0 Å². The van der Waals surface area contributed by atoms with Crippen molar-refractivity contribution in [2.24, 2.45) is 0 Å². The fourth-order valence-electron chi connectivity index (χ4n) is 2.54. The molecule has 9 heteroatoms. The number of rotatable bonds is 7. The number of amides is 2. The van der Waals surface area contributed by atoms with Gasteiger partial charge in [-0.15, -0.1) is 0 Å². The van der Waals surface area contributed by atoms with Crippen molar-refractivity contribution in [1.29, 1.82) is 0 Å². The lowest BCUT2D eigenvalue weighted by molar-refractivity contribution is -0.121. The Morgan fingerprint density at radius 2 is 1.64 bits per heavy atom. The number of benzene rings is 2. The summed E-state index contributed by atoms with van der Waals surface area (Å²) in [5.74, 6) is -1.02. The van der Waals surface area contributed by atoms with Gasteiger partial charge in [0, 0.05) is 23.7 Å². The highest BCUT2D eigenvalue weighted by Gasteiger charge is 2.22. The molecular formula is C19H22ClN3O4S. The van der Waals surface area contributed by atoms with Crippen LogP contribution >= 0.6 is 11.6 Å². The molecule has 0 spiro atoms. The molecule has 0 aliphatic carbocycles. The van der Waals surface area contributed by atoms with Gasteiger partial charge in [-0.05, 0) is 35.9 Å². The molecule has 0 radical (unpaired) electrons. The quantitative estimate of drug-likeness (QED) is 0.668. The van der Waals surface area contributed by atoms with Crippen LogP contribution in [-0.4, -0.2) is 37.6 Å². The summed E-state index contributed by atoms with van der Waals surface area (Å²) in [6.45, 7) is 4.15. The van der Waals surface area contributed by atoms with Gasteiger partial charge in [0.2, 0.25) is 15.9 Å². The molecule has 2 rings (SSSR count). The summed E-state index contributed by atoms with van der Waals surface area (Å²) in [6.07, 6.45) is 0.0633. The standard InChI is InChI=1S/C19H22ClN3O4S/c1-3-23(4-2)28(26,27)17-7-5-6-15(13-17)19(25)22-21-18(24)12-14-8-10-16(20)11-9-14/h5-11,13H,3-4,12H2,1-2H3,(H,21,24)(H,22,25). The Labute approximate surface area is 169 Å². The van der Waals surface area contributed by atoms with E-state index in [0.717, 1.165) is 5.56 Å². The zero-order chi connectivity index (χ0) is 20.7. The average Bonchev–Trinajstić information content (AvgIpc) is 2.68. The van der Waals surface area contributed by atoms with Gasteiger partial charge in [0.25, 0.3) is 5.91 Å². The van der Waals surface area contributed by atoms with Crippen LogP contribution in [0.15, 0.2) is 53.4 Å². The summed E-state index contributed by atoms with van der Waals surface area (Å²) in [5.41, 5.74) is 5.47. The third-order valence-electron chi connectivity index (χ3n) is 4.03. The van der Waals surface area contributed by atoms with E-state index in [2.05, 4.69) is 10.9 Å². The topological polar surface area (TPSA) is 95.6 Å². The Balaban J connectivity index is 2.02. The first kappa shape index (κ1) is 21.9. The van der Waals surface area contributed by atoms with Crippen molar-refractivity contribution in [1.82, 2.24) is 15.2 Å². The zero-order valence-corrected chi connectivity index (χ0v) is 17.2. The maximum Gasteiger partial charge on any atom is 0.269 e. The Morgan fingerprint density at radius 3 is 2.25 bits per heavy atom. The largest absolute Gasteiger partial charge is 0.273 e. The Bertz CT molecular complexity index is 942. The third-order valence-corrected chi connectivity index (χ3v) is 6.33. The first-order chi connectivity index (χ1) is 13.3. The van der Waals surface area contributed by atoms with E-state index in [9.17, 15) is 18.0 Å². The normalized spacial score (nSPS) is 11.3. The summed E-state index contributed by atoms with van der Waals surface area (Å²) in [5, 5.41) is 0.567. The van der Waals surface area contributed by atoms with E-state index in [1.165, 1.54) is 28.6 Å². The monoisotopic (exact) mass is 423 g/mol. The molecule has 0 saturated heterocycles. The van der Waals surface area contributed by atoms with Crippen molar-refractivity contribution in [3.05, 3.63) is 64.7 Å². The van der Waals surface area contributed by atoms with Gasteiger partial charge >= 0.3 is 0 Å². The van der Waals surface area contributed by atoms with Crippen LogP contribution < -0.4 is 10.9 Å². The minimum Gasteiger partial charge on any atom is -0.273 e. The SMILES string of the molecule is CCN(CC)S(=O)(=O)c1cccc(C(=O)NNC(=O)Cc2ccc(Cl)cc2)c1. The van der Waals surface area contributed by atoms with Crippen LogP contribution in [-0.2, 0) is 21.2 Å². The summed E-state index contributed by atoms with van der Waals surface area (Å²) in [6, 6.07) is 12.5. The first-order valence-corrected chi connectivity index (χ1v) is 10.5. The fourth-order valence-corrected chi connectivity index (χ4v) is 4.17. The molecule has 0 aliphatic rings. The number of carbonyl (C=O) groups is 2. The molecule has 28 heavy (non-hydrogen) atoms. The van der Waals surface area contributed by atoms with E-state index in [4.69, 9.17) is 11.6 Å². The molecule has 150 valence electrons. The summed E-state index contributed by atoms with van der Waals surface area (Å²) in [4.78, 5) is 24.3. The molecule has 2 aromatic rings. The lowest BCUT2D eigenvalue weighted by atomic mass is 10.1. The maximum absolute atomic E-state index is 12.6. The molecule has 2 amide bonds. The first-order valence-electron chi connectivity index (χ1n) is 8.71.